The molecule has 0 aromatic heterocycles. The first-order valence-electron chi connectivity index (χ1n) is 5.64. The standard InChI is InChI=1S/C12H17Br2NO2S2/c1-8-5-11(14)12(6-10(8)13)19(16,17)15(3)9(2)7-18-4/h5-6,9H,7H2,1-4H3. The molecule has 1 atom stereocenters. The fourth-order valence-electron chi connectivity index (χ4n) is 1.56. The third-order valence-electron chi connectivity index (χ3n) is 2.90. The molecule has 0 saturated heterocycles. The summed E-state index contributed by atoms with van der Waals surface area (Å²) in [5.74, 6) is 0.764. The first kappa shape index (κ1) is 17.5. The fourth-order valence-corrected chi connectivity index (χ4v) is 5.36. The maximum Gasteiger partial charge on any atom is 0.244 e. The first-order chi connectivity index (χ1) is 8.71. The average molecular weight is 431 g/mol. The number of aryl methyl sites for hydroxylation is 1. The highest BCUT2D eigenvalue weighted by molar-refractivity contribution is 9.11. The Kier molecular flexibility index (Phi) is 6.38. The van der Waals surface area contributed by atoms with Crippen molar-refractivity contribution in [2.45, 2.75) is 24.8 Å². The Hall–Kier alpha value is 0.440. The summed E-state index contributed by atoms with van der Waals surface area (Å²) in [7, 11) is -1.87. The van der Waals surface area contributed by atoms with Crippen LogP contribution in [-0.2, 0) is 10.0 Å². The molecule has 0 aliphatic heterocycles. The Bertz CT molecular complexity index is 561. The number of hydrogen-bond donors (Lipinski definition) is 0. The van der Waals surface area contributed by atoms with Gasteiger partial charge in [-0.15, -0.1) is 0 Å². The van der Waals surface area contributed by atoms with Gasteiger partial charge in [-0.2, -0.15) is 16.1 Å². The highest BCUT2D eigenvalue weighted by Crippen LogP contribution is 2.31. The lowest BCUT2D eigenvalue weighted by molar-refractivity contribution is 0.415. The number of hydrogen-bond acceptors (Lipinski definition) is 3. The molecule has 1 unspecified atom stereocenters. The van der Waals surface area contributed by atoms with E-state index in [1.54, 1.807) is 24.9 Å². The van der Waals surface area contributed by atoms with Gasteiger partial charge in [-0.3, -0.25) is 0 Å². The Balaban J connectivity index is 3.24. The van der Waals surface area contributed by atoms with Crippen LogP contribution in [0.15, 0.2) is 26.0 Å². The van der Waals surface area contributed by atoms with Gasteiger partial charge in [0, 0.05) is 27.8 Å². The molecule has 0 fully saturated rings. The van der Waals surface area contributed by atoms with E-state index in [4.69, 9.17) is 0 Å². The summed E-state index contributed by atoms with van der Waals surface area (Å²) in [6, 6.07) is 3.41. The number of halogens is 2. The van der Waals surface area contributed by atoms with Crippen molar-refractivity contribution in [2.24, 2.45) is 0 Å². The van der Waals surface area contributed by atoms with Gasteiger partial charge in [0.05, 0.1) is 4.90 Å². The van der Waals surface area contributed by atoms with Crippen LogP contribution in [0.3, 0.4) is 0 Å². The molecular weight excluding hydrogens is 414 g/mol. The third-order valence-corrected chi connectivity index (χ3v) is 7.50. The van der Waals surface area contributed by atoms with Gasteiger partial charge in [0.2, 0.25) is 10.0 Å². The summed E-state index contributed by atoms with van der Waals surface area (Å²) in [6.45, 7) is 3.83. The molecule has 0 aliphatic rings. The number of nitrogens with zero attached hydrogens (tertiary/aromatic N) is 1. The Labute approximate surface area is 136 Å². The highest BCUT2D eigenvalue weighted by atomic mass is 79.9. The van der Waals surface area contributed by atoms with Crippen LogP contribution in [0.5, 0.6) is 0 Å². The zero-order valence-corrected chi connectivity index (χ0v) is 16.1. The maximum absolute atomic E-state index is 12.6. The summed E-state index contributed by atoms with van der Waals surface area (Å²) in [5.41, 5.74) is 0.991. The van der Waals surface area contributed by atoms with Gasteiger partial charge in [0.15, 0.2) is 0 Å². The van der Waals surface area contributed by atoms with Gasteiger partial charge >= 0.3 is 0 Å². The van der Waals surface area contributed by atoms with Gasteiger partial charge in [0.25, 0.3) is 0 Å². The summed E-state index contributed by atoms with van der Waals surface area (Å²) in [4.78, 5) is 0.292. The molecule has 0 amide bonds. The van der Waals surface area contributed by atoms with Crippen molar-refractivity contribution in [1.29, 1.82) is 0 Å². The molecule has 3 nitrogen and oxygen atoms in total. The Morgan fingerprint density at radius 1 is 1.32 bits per heavy atom. The van der Waals surface area contributed by atoms with Crippen LogP contribution in [0.25, 0.3) is 0 Å². The molecular formula is C12H17Br2NO2S2. The molecule has 1 aromatic rings. The van der Waals surface area contributed by atoms with Crippen molar-refractivity contribution < 1.29 is 8.42 Å². The monoisotopic (exact) mass is 429 g/mol. The van der Waals surface area contributed by atoms with E-state index in [1.807, 2.05) is 26.2 Å². The van der Waals surface area contributed by atoms with Crippen molar-refractivity contribution >= 4 is 53.6 Å². The number of thioether (sulfide) groups is 1. The molecule has 0 heterocycles. The topological polar surface area (TPSA) is 37.4 Å². The van der Waals surface area contributed by atoms with Crippen LogP contribution in [0.4, 0.5) is 0 Å². The molecule has 1 aromatic carbocycles. The van der Waals surface area contributed by atoms with E-state index < -0.39 is 10.0 Å². The lowest BCUT2D eigenvalue weighted by Crippen LogP contribution is -2.36. The van der Waals surface area contributed by atoms with E-state index >= 15 is 0 Å². The Morgan fingerprint density at radius 3 is 2.42 bits per heavy atom. The lowest BCUT2D eigenvalue weighted by Gasteiger charge is -2.24. The minimum Gasteiger partial charge on any atom is -0.207 e. The predicted molar refractivity (Wildman–Crippen MR) is 89.4 cm³/mol. The van der Waals surface area contributed by atoms with Crippen LogP contribution < -0.4 is 0 Å². The molecule has 0 radical (unpaired) electrons. The second-order valence-electron chi connectivity index (χ2n) is 4.36. The molecule has 7 heteroatoms. The maximum atomic E-state index is 12.6. The average Bonchev–Trinajstić information content (AvgIpc) is 2.32. The van der Waals surface area contributed by atoms with Crippen molar-refractivity contribution in [3.05, 3.63) is 26.6 Å². The molecule has 108 valence electrons. The zero-order valence-electron chi connectivity index (χ0n) is 11.3. The van der Waals surface area contributed by atoms with Crippen LogP contribution >= 0.6 is 43.6 Å². The molecule has 0 spiro atoms. The normalized spacial score (nSPS) is 13.8. The van der Waals surface area contributed by atoms with E-state index in [0.717, 1.165) is 15.8 Å². The van der Waals surface area contributed by atoms with Crippen LogP contribution in [-0.4, -0.2) is 37.8 Å². The third kappa shape index (κ3) is 3.97. The molecule has 0 N–H and O–H groups in total. The van der Waals surface area contributed by atoms with Gasteiger partial charge in [-0.1, -0.05) is 15.9 Å². The fraction of sp³-hybridized carbons (Fsp3) is 0.500. The van der Waals surface area contributed by atoms with E-state index in [1.165, 1.54) is 4.31 Å². The van der Waals surface area contributed by atoms with E-state index in [0.29, 0.717) is 9.37 Å². The second-order valence-corrected chi connectivity index (χ2v) is 8.94. The van der Waals surface area contributed by atoms with Crippen molar-refractivity contribution in [2.75, 3.05) is 19.1 Å². The van der Waals surface area contributed by atoms with Crippen LogP contribution in [0, 0.1) is 6.92 Å². The predicted octanol–water partition coefficient (Wildman–Crippen LogP) is 3.89. The summed E-state index contributed by atoms with van der Waals surface area (Å²) in [5, 5.41) is 0. The van der Waals surface area contributed by atoms with Crippen LogP contribution in [0.2, 0.25) is 0 Å². The number of benzene rings is 1. The van der Waals surface area contributed by atoms with Gasteiger partial charge in [-0.25, -0.2) is 8.42 Å². The number of sulfonamides is 1. The summed E-state index contributed by atoms with van der Waals surface area (Å²) < 4.78 is 28.0. The van der Waals surface area contributed by atoms with E-state index in [9.17, 15) is 8.42 Å². The minimum atomic E-state index is -3.49. The minimum absolute atomic E-state index is 0.0491. The molecule has 1 rings (SSSR count). The molecule has 0 aliphatic carbocycles. The summed E-state index contributed by atoms with van der Waals surface area (Å²) >= 11 is 8.36. The zero-order chi connectivity index (χ0) is 14.8. The first-order valence-corrected chi connectivity index (χ1v) is 10.1. The lowest BCUT2D eigenvalue weighted by atomic mass is 10.2. The molecule has 0 bridgehead atoms. The SMILES string of the molecule is CSCC(C)N(C)S(=O)(=O)c1cc(Br)c(C)cc1Br. The Morgan fingerprint density at radius 2 is 1.89 bits per heavy atom. The van der Waals surface area contributed by atoms with Crippen LogP contribution in [0.1, 0.15) is 12.5 Å². The smallest absolute Gasteiger partial charge is 0.207 e. The van der Waals surface area contributed by atoms with Gasteiger partial charge in [-0.05, 0) is 53.7 Å². The highest BCUT2D eigenvalue weighted by Gasteiger charge is 2.27. The van der Waals surface area contributed by atoms with Crippen molar-refractivity contribution in [1.82, 2.24) is 4.31 Å². The molecule has 19 heavy (non-hydrogen) atoms. The van der Waals surface area contributed by atoms with Crippen molar-refractivity contribution in [3.8, 4) is 0 Å². The molecule has 0 saturated carbocycles. The van der Waals surface area contributed by atoms with Crippen molar-refractivity contribution in [3.63, 3.8) is 0 Å². The summed E-state index contributed by atoms with van der Waals surface area (Å²) in [6.07, 6.45) is 1.97. The quantitative estimate of drug-likeness (QED) is 0.710. The van der Waals surface area contributed by atoms with E-state index in [-0.39, 0.29) is 6.04 Å². The van der Waals surface area contributed by atoms with E-state index in [2.05, 4.69) is 31.9 Å². The van der Waals surface area contributed by atoms with Gasteiger partial charge < -0.3 is 0 Å². The largest absolute Gasteiger partial charge is 0.244 e. The second kappa shape index (κ2) is 6.93. The van der Waals surface area contributed by atoms with Gasteiger partial charge in [0.1, 0.15) is 0 Å². The number of rotatable bonds is 5.